The lowest BCUT2D eigenvalue weighted by molar-refractivity contribution is 0.648. The Morgan fingerprint density at radius 3 is 2.83 bits per heavy atom. The smallest absolute Gasteiger partial charge is 0.0493 e. The van der Waals surface area contributed by atoms with E-state index in [1.165, 1.54) is 13.3 Å². The molecule has 2 aromatic rings. The second-order valence-electron chi connectivity index (χ2n) is 4.22. The molecular weight excluding hydrogens is 377 g/mol. The molecule has 1 atom stereocenters. The molecule has 1 nitrogen and oxygen atoms in total. The lowest BCUT2D eigenvalue weighted by atomic mass is 10.1. The van der Waals surface area contributed by atoms with Gasteiger partial charge in [0.25, 0.3) is 0 Å². The molecule has 18 heavy (non-hydrogen) atoms. The van der Waals surface area contributed by atoms with E-state index in [9.17, 15) is 0 Å². The second-order valence-corrected chi connectivity index (χ2v) is 6.99. The predicted molar refractivity (Wildman–Crippen MR) is 89.3 cm³/mol. The third kappa shape index (κ3) is 3.26. The zero-order valence-electron chi connectivity index (χ0n) is 10.1. The third-order valence-electron chi connectivity index (χ3n) is 2.79. The van der Waals surface area contributed by atoms with Crippen molar-refractivity contribution in [3.8, 4) is 10.4 Å². The van der Waals surface area contributed by atoms with Gasteiger partial charge in [0.05, 0.1) is 0 Å². The van der Waals surface area contributed by atoms with Gasteiger partial charge in [0.1, 0.15) is 0 Å². The number of hydrogen-bond acceptors (Lipinski definition) is 2. The Balaban J connectivity index is 2.32. The van der Waals surface area contributed by atoms with Crippen LogP contribution in [0, 0.1) is 3.57 Å². The molecule has 96 valence electrons. The molecule has 1 heterocycles. The molecule has 0 aliphatic heterocycles. The predicted octanol–water partition coefficient (Wildman–Crippen LogP) is 5.47. The summed E-state index contributed by atoms with van der Waals surface area (Å²) in [5.74, 6) is 0. The van der Waals surface area contributed by atoms with Gasteiger partial charge < -0.3 is 5.73 Å². The largest absolute Gasteiger partial charge is 0.323 e. The van der Waals surface area contributed by atoms with Crippen LogP contribution in [0.25, 0.3) is 10.4 Å². The summed E-state index contributed by atoms with van der Waals surface area (Å²) >= 11 is 10.3. The van der Waals surface area contributed by atoms with Crippen molar-refractivity contribution in [1.29, 1.82) is 0 Å². The minimum absolute atomic E-state index is 0.148. The van der Waals surface area contributed by atoms with Crippen molar-refractivity contribution in [1.82, 2.24) is 0 Å². The van der Waals surface area contributed by atoms with Crippen LogP contribution in [0.15, 0.2) is 30.3 Å². The Morgan fingerprint density at radius 2 is 2.11 bits per heavy atom. The quantitative estimate of drug-likeness (QED) is 0.687. The van der Waals surface area contributed by atoms with E-state index in [0.717, 1.165) is 23.4 Å². The van der Waals surface area contributed by atoms with Gasteiger partial charge in [0.15, 0.2) is 0 Å². The Bertz CT molecular complexity index is 538. The zero-order chi connectivity index (χ0) is 13.1. The zero-order valence-corrected chi connectivity index (χ0v) is 13.8. The summed E-state index contributed by atoms with van der Waals surface area (Å²) in [5.41, 5.74) is 7.24. The molecule has 0 aliphatic carbocycles. The van der Waals surface area contributed by atoms with Crippen LogP contribution in [0.1, 0.15) is 30.7 Å². The van der Waals surface area contributed by atoms with Gasteiger partial charge in [-0.15, -0.1) is 11.3 Å². The summed E-state index contributed by atoms with van der Waals surface area (Å²) < 4.78 is 1.19. The Morgan fingerprint density at radius 1 is 1.33 bits per heavy atom. The monoisotopic (exact) mass is 391 g/mol. The maximum atomic E-state index is 6.25. The van der Waals surface area contributed by atoms with Gasteiger partial charge in [0.2, 0.25) is 0 Å². The van der Waals surface area contributed by atoms with Gasteiger partial charge >= 0.3 is 0 Å². The summed E-state index contributed by atoms with van der Waals surface area (Å²) in [7, 11) is 0. The summed E-state index contributed by atoms with van der Waals surface area (Å²) in [5, 5.41) is 0.799. The molecule has 4 heteroatoms. The summed E-state index contributed by atoms with van der Waals surface area (Å²) in [6.07, 6.45) is 2.14. The Hall–Kier alpha value is -0.100. The van der Waals surface area contributed by atoms with Crippen LogP contribution in [0.3, 0.4) is 0 Å². The Labute approximate surface area is 130 Å². The summed E-state index contributed by atoms with van der Waals surface area (Å²) in [6.45, 7) is 2.16. The van der Waals surface area contributed by atoms with Gasteiger partial charge in [0, 0.05) is 30.0 Å². The summed E-state index contributed by atoms with van der Waals surface area (Å²) in [4.78, 5) is 2.43. The maximum absolute atomic E-state index is 6.25. The highest BCUT2D eigenvalue weighted by molar-refractivity contribution is 14.1. The van der Waals surface area contributed by atoms with E-state index in [0.29, 0.717) is 0 Å². The molecule has 0 amide bonds. The van der Waals surface area contributed by atoms with Gasteiger partial charge in [-0.05, 0) is 59.3 Å². The topological polar surface area (TPSA) is 26.0 Å². The van der Waals surface area contributed by atoms with Gasteiger partial charge in [-0.2, -0.15) is 0 Å². The lowest BCUT2D eigenvalue weighted by Crippen LogP contribution is -2.07. The molecular formula is C14H15ClINS. The van der Waals surface area contributed by atoms with Crippen LogP contribution in [-0.2, 0) is 0 Å². The van der Waals surface area contributed by atoms with E-state index < -0.39 is 0 Å². The molecule has 1 aromatic heterocycles. The molecule has 0 saturated carbocycles. The average molecular weight is 392 g/mol. The normalized spacial score (nSPS) is 12.7. The van der Waals surface area contributed by atoms with E-state index in [4.69, 9.17) is 17.3 Å². The Kier molecular flexibility index (Phi) is 5.06. The van der Waals surface area contributed by atoms with Crippen molar-refractivity contribution < 1.29 is 0 Å². The molecule has 1 aromatic carbocycles. The fourth-order valence-electron chi connectivity index (χ4n) is 1.84. The fraction of sp³-hybridized carbons (Fsp3) is 0.286. The van der Waals surface area contributed by atoms with Gasteiger partial charge in [-0.25, -0.2) is 0 Å². The van der Waals surface area contributed by atoms with Gasteiger partial charge in [-0.3, -0.25) is 0 Å². The lowest BCUT2D eigenvalue weighted by Gasteiger charge is -2.07. The molecule has 0 bridgehead atoms. The van der Waals surface area contributed by atoms with Crippen LogP contribution >= 0.6 is 45.5 Å². The first-order valence-corrected chi connectivity index (χ1v) is 8.20. The van der Waals surface area contributed by atoms with Crippen LogP contribution in [0.4, 0.5) is 0 Å². The number of benzene rings is 1. The van der Waals surface area contributed by atoms with E-state index in [1.807, 2.05) is 12.1 Å². The van der Waals surface area contributed by atoms with Crippen molar-refractivity contribution in [3.63, 3.8) is 0 Å². The van der Waals surface area contributed by atoms with E-state index in [-0.39, 0.29) is 6.04 Å². The number of hydrogen-bond donors (Lipinski definition) is 1. The molecule has 0 saturated heterocycles. The maximum Gasteiger partial charge on any atom is 0.0493 e. The molecule has 0 fully saturated rings. The molecule has 2 N–H and O–H groups in total. The highest BCUT2D eigenvalue weighted by Gasteiger charge is 2.11. The van der Waals surface area contributed by atoms with Gasteiger partial charge in [-0.1, -0.05) is 24.9 Å². The van der Waals surface area contributed by atoms with Crippen molar-refractivity contribution in [3.05, 3.63) is 43.8 Å². The number of rotatable bonds is 4. The van der Waals surface area contributed by atoms with Crippen molar-refractivity contribution in [2.45, 2.75) is 25.8 Å². The van der Waals surface area contributed by atoms with Crippen LogP contribution < -0.4 is 5.73 Å². The number of thiophene rings is 1. The van der Waals surface area contributed by atoms with E-state index in [1.54, 1.807) is 11.3 Å². The van der Waals surface area contributed by atoms with E-state index in [2.05, 4.69) is 47.7 Å². The van der Waals surface area contributed by atoms with E-state index >= 15 is 0 Å². The van der Waals surface area contributed by atoms with Crippen LogP contribution in [0.5, 0.6) is 0 Å². The number of nitrogens with two attached hydrogens (primary N) is 1. The fourth-order valence-corrected chi connectivity index (χ4v) is 3.68. The molecule has 1 unspecified atom stereocenters. The first-order valence-electron chi connectivity index (χ1n) is 5.92. The third-order valence-corrected chi connectivity index (χ3v) is 5.04. The first kappa shape index (κ1) is 14.3. The average Bonchev–Trinajstić information content (AvgIpc) is 2.82. The highest BCUT2D eigenvalue weighted by Crippen LogP contribution is 2.36. The standard InChI is InChI=1S/C14H15ClINS/c1-2-3-12(17)14-7-6-13(18-14)10-8-9(16)4-5-11(10)15/h4-8,12H,2-3,17H2,1H3. The molecule has 2 rings (SSSR count). The molecule has 0 spiro atoms. The highest BCUT2D eigenvalue weighted by atomic mass is 127. The van der Waals surface area contributed by atoms with Crippen molar-refractivity contribution in [2.75, 3.05) is 0 Å². The number of halogens is 2. The van der Waals surface area contributed by atoms with Crippen molar-refractivity contribution >= 4 is 45.5 Å². The molecule has 0 radical (unpaired) electrons. The summed E-state index contributed by atoms with van der Waals surface area (Å²) in [6, 6.07) is 10.5. The van der Waals surface area contributed by atoms with Crippen molar-refractivity contribution in [2.24, 2.45) is 5.73 Å². The SMILES string of the molecule is CCCC(N)c1ccc(-c2cc(I)ccc2Cl)s1. The minimum Gasteiger partial charge on any atom is -0.323 e. The minimum atomic E-state index is 0.148. The first-order chi connectivity index (χ1) is 8.61. The van der Waals surface area contributed by atoms with Crippen LogP contribution in [-0.4, -0.2) is 0 Å². The molecule has 0 aliphatic rings. The van der Waals surface area contributed by atoms with Crippen LogP contribution in [0.2, 0.25) is 5.02 Å². The second kappa shape index (κ2) is 6.37.